The number of rotatable bonds is 3. The van der Waals surface area contributed by atoms with Crippen molar-refractivity contribution in [2.75, 3.05) is 47.5 Å². The molecule has 2 saturated heterocycles. The zero-order chi connectivity index (χ0) is 14.4. The summed E-state index contributed by atoms with van der Waals surface area (Å²) >= 11 is 0. The lowest BCUT2D eigenvalue weighted by molar-refractivity contribution is 0.0715. The minimum absolute atomic E-state index is 0. The second kappa shape index (κ2) is 10.8. The monoisotopic (exact) mass is 344 g/mol. The number of aliphatic hydroxyl groups is 1. The number of carbonyl (C=O) groups excluding carboxylic acids is 2. The fraction of sp³-hybridized carbons (Fsp3) is 0.818. The summed E-state index contributed by atoms with van der Waals surface area (Å²) in [5.74, 6) is 0. The number of aliphatic hydroxyl groups excluding tert-OH is 1. The second-order valence-corrected chi connectivity index (χ2v) is 4.41. The molecule has 0 aromatic rings. The van der Waals surface area contributed by atoms with Gasteiger partial charge in [-0.15, -0.1) is 0 Å². The smallest absolute Gasteiger partial charge is 0.410 e. The van der Waals surface area contributed by atoms with Crippen molar-refractivity contribution in [1.82, 2.24) is 9.80 Å². The molecule has 0 radical (unpaired) electrons. The Kier molecular flexibility index (Phi) is 11.6. The molecule has 0 spiro atoms. The molecule has 2 amide bonds. The van der Waals surface area contributed by atoms with Crippen LogP contribution in [0.15, 0.2) is 0 Å². The second-order valence-electron chi connectivity index (χ2n) is 4.41. The van der Waals surface area contributed by atoms with Crippen LogP contribution < -0.4 is 0 Å². The van der Waals surface area contributed by atoms with Gasteiger partial charge in [0.05, 0.1) is 26.3 Å². The first-order valence-corrected chi connectivity index (χ1v) is 5.91. The largest absolute Gasteiger partial charge is 0.442 e. The predicted octanol–water partition coefficient (Wildman–Crippen LogP) is -0.262. The van der Waals surface area contributed by atoms with E-state index in [1.165, 1.54) is 9.80 Å². The molecular formula is C11H24N2O6S2. The minimum atomic E-state index is -0.353. The predicted molar refractivity (Wildman–Crippen MR) is 85.5 cm³/mol. The highest BCUT2D eigenvalue weighted by molar-refractivity contribution is 7.59. The van der Waals surface area contributed by atoms with Gasteiger partial charge in [-0.3, -0.25) is 0 Å². The molecule has 2 rings (SSSR count). The Morgan fingerprint density at radius 3 is 1.76 bits per heavy atom. The van der Waals surface area contributed by atoms with E-state index in [1.54, 1.807) is 21.2 Å². The molecule has 2 atom stereocenters. The van der Waals surface area contributed by atoms with Gasteiger partial charge in [0.1, 0.15) is 12.2 Å². The lowest BCUT2D eigenvalue weighted by atomic mass is 10.4. The third-order valence-corrected chi connectivity index (χ3v) is 2.67. The van der Waals surface area contributed by atoms with Crippen LogP contribution in [0.5, 0.6) is 0 Å². The summed E-state index contributed by atoms with van der Waals surface area (Å²) in [7, 11) is 4.93. The van der Waals surface area contributed by atoms with E-state index in [-0.39, 0.29) is 58.0 Å². The first kappa shape index (κ1) is 22.4. The number of likely N-dealkylation sites (N-methyl/N-ethyl adjacent to an activating group) is 2. The van der Waals surface area contributed by atoms with Crippen molar-refractivity contribution in [1.29, 1.82) is 0 Å². The molecule has 0 aliphatic carbocycles. The SMILES string of the molecule is CN1C[C@@H](CO)OC1=O.COC[C@@H]1CN(C)C(=O)O1.S.S. The lowest BCUT2D eigenvalue weighted by Crippen LogP contribution is -2.21. The Labute approximate surface area is 138 Å². The Bertz CT molecular complexity index is 334. The van der Waals surface area contributed by atoms with Crippen LogP contribution in [0.4, 0.5) is 9.59 Å². The topological polar surface area (TPSA) is 88.5 Å². The molecular weight excluding hydrogens is 320 g/mol. The molecule has 2 aliphatic rings. The van der Waals surface area contributed by atoms with Crippen molar-refractivity contribution in [3.8, 4) is 0 Å². The summed E-state index contributed by atoms with van der Waals surface area (Å²) in [6, 6.07) is 0. The van der Waals surface area contributed by atoms with E-state index in [1.807, 2.05) is 0 Å². The highest BCUT2D eigenvalue weighted by atomic mass is 32.1. The van der Waals surface area contributed by atoms with Crippen molar-refractivity contribution in [3.63, 3.8) is 0 Å². The van der Waals surface area contributed by atoms with Crippen molar-refractivity contribution >= 4 is 39.2 Å². The summed E-state index contributed by atoms with van der Waals surface area (Å²) in [5, 5.41) is 8.50. The van der Waals surface area contributed by atoms with Gasteiger partial charge in [0, 0.05) is 21.2 Å². The van der Waals surface area contributed by atoms with Gasteiger partial charge >= 0.3 is 12.2 Å². The maximum atomic E-state index is 10.7. The van der Waals surface area contributed by atoms with Crippen LogP contribution in [0.25, 0.3) is 0 Å². The van der Waals surface area contributed by atoms with E-state index in [9.17, 15) is 9.59 Å². The highest BCUT2D eigenvalue weighted by Gasteiger charge is 2.28. The molecule has 0 aromatic heterocycles. The molecule has 0 saturated carbocycles. The molecule has 0 aromatic carbocycles. The van der Waals surface area contributed by atoms with Crippen molar-refractivity contribution in [2.24, 2.45) is 0 Å². The number of methoxy groups -OCH3 is 1. The molecule has 10 heteroatoms. The van der Waals surface area contributed by atoms with Crippen LogP contribution in [0.1, 0.15) is 0 Å². The molecule has 126 valence electrons. The molecule has 0 bridgehead atoms. The van der Waals surface area contributed by atoms with E-state index >= 15 is 0 Å². The van der Waals surface area contributed by atoms with E-state index in [0.717, 1.165) is 0 Å². The number of nitrogens with zero attached hydrogens (tertiary/aromatic N) is 2. The summed E-state index contributed by atoms with van der Waals surface area (Å²) in [6.07, 6.45) is -1.01. The van der Waals surface area contributed by atoms with Crippen molar-refractivity contribution < 1.29 is 28.9 Å². The van der Waals surface area contributed by atoms with Crippen LogP contribution in [0, 0.1) is 0 Å². The Morgan fingerprint density at radius 2 is 1.52 bits per heavy atom. The summed E-state index contributed by atoms with van der Waals surface area (Å²) in [4.78, 5) is 24.2. The van der Waals surface area contributed by atoms with Crippen molar-refractivity contribution in [3.05, 3.63) is 0 Å². The van der Waals surface area contributed by atoms with Gasteiger partial charge in [-0.2, -0.15) is 27.0 Å². The number of cyclic esters (lactones) is 2. The first-order valence-electron chi connectivity index (χ1n) is 5.91. The Hall–Kier alpha value is -0.840. The number of ether oxygens (including phenoxy) is 3. The maximum Gasteiger partial charge on any atom is 0.410 e. The normalized spacial score (nSPS) is 23.4. The zero-order valence-corrected chi connectivity index (χ0v) is 14.4. The summed E-state index contributed by atoms with van der Waals surface area (Å²) < 4.78 is 14.4. The first-order chi connectivity index (χ1) is 8.97. The van der Waals surface area contributed by atoms with Crippen LogP contribution in [0.3, 0.4) is 0 Å². The standard InChI is InChI=1S/C6H11NO3.C5H9NO3.2H2S/c1-7-3-5(4-9-2)10-6(7)8;1-6-2-4(3-7)9-5(6)8;;/h5H,3-4H2,1-2H3;4,7H,2-3H2,1H3;2*1H2/t5-;4-;;/m00../s1. The summed E-state index contributed by atoms with van der Waals surface area (Å²) in [5.41, 5.74) is 0. The van der Waals surface area contributed by atoms with Crippen LogP contribution in [-0.2, 0) is 14.2 Å². The van der Waals surface area contributed by atoms with Crippen LogP contribution in [0.2, 0.25) is 0 Å². The average Bonchev–Trinajstić information content (AvgIpc) is 2.85. The van der Waals surface area contributed by atoms with Gasteiger partial charge in [0.25, 0.3) is 0 Å². The number of amides is 2. The fourth-order valence-electron chi connectivity index (χ4n) is 1.67. The summed E-state index contributed by atoms with van der Waals surface area (Å²) in [6.45, 7) is 1.52. The number of carbonyl (C=O) groups is 2. The van der Waals surface area contributed by atoms with Gasteiger partial charge in [0.2, 0.25) is 0 Å². The van der Waals surface area contributed by atoms with Crippen LogP contribution in [-0.4, -0.2) is 86.8 Å². The molecule has 21 heavy (non-hydrogen) atoms. The van der Waals surface area contributed by atoms with Crippen LogP contribution >= 0.6 is 27.0 Å². The van der Waals surface area contributed by atoms with Gasteiger partial charge < -0.3 is 29.1 Å². The lowest BCUT2D eigenvalue weighted by Gasteiger charge is -2.04. The maximum absolute atomic E-state index is 10.7. The third-order valence-electron chi connectivity index (χ3n) is 2.67. The molecule has 1 N–H and O–H groups in total. The molecule has 8 nitrogen and oxygen atoms in total. The van der Waals surface area contributed by atoms with E-state index in [4.69, 9.17) is 14.6 Å². The van der Waals surface area contributed by atoms with E-state index in [0.29, 0.717) is 19.7 Å². The molecule has 2 fully saturated rings. The van der Waals surface area contributed by atoms with Gasteiger partial charge in [-0.05, 0) is 0 Å². The molecule has 2 heterocycles. The number of hydrogen-bond donors (Lipinski definition) is 1. The Balaban J connectivity index is 0. The third kappa shape index (κ3) is 7.11. The zero-order valence-electron chi connectivity index (χ0n) is 12.4. The van der Waals surface area contributed by atoms with Gasteiger partial charge in [-0.1, -0.05) is 0 Å². The van der Waals surface area contributed by atoms with Gasteiger partial charge in [-0.25, -0.2) is 9.59 Å². The average molecular weight is 344 g/mol. The number of hydrogen-bond acceptors (Lipinski definition) is 6. The Morgan fingerprint density at radius 1 is 1.10 bits per heavy atom. The quantitative estimate of drug-likeness (QED) is 0.759. The van der Waals surface area contributed by atoms with E-state index < -0.39 is 0 Å². The molecule has 0 unspecified atom stereocenters. The molecule has 2 aliphatic heterocycles. The highest BCUT2D eigenvalue weighted by Crippen LogP contribution is 2.08. The minimum Gasteiger partial charge on any atom is -0.442 e. The fourth-order valence-corrected chi connectivity index (χ4v) is 1.67. The van der Waals surface area contributed by atoms with E-state index in [2.05, 4.69) is 4.74 Å². The van der Waals surface area contributed by atoms with Gasteiger partial charge in [0.15, 0.2) is 0 Å². The van der Waals surface area contributed by atoms with Crippen molar-refractivity contribution in [2.45, 2.75) is 12.2 Å².